The summed E-state index contributed by atoms with van der Waals surface area (Å²) in [5, 5.41) is 7.40. The first-order valence-corrected chi connectivity index (χ1v) is 7.36. The van der Waals surface area contributed by atoms with Crippen molar-refractivity contribution in [1.29, 1.82) is 0 Å². The highest BCUT2D eigenvalue weighted by atomic mass is 32.1. The minimum atomic E-state index is 0.150. The van der Waals surface area contributed by atoms with Crippen LogP contribution in [0.2, 0.25) is 0 Å². The monoisotopic (exact) mass is 264 g/mol. The molecule has 1 aromatic heterocycles. The zero-order valence-corrected chi connectivity index (χ0v) is 11.4. The molecule has 1 aromatic rings. The van der Waals surface area contributed by atoms with Gasteiger partial charge in [0.05, 0.1) is 0 Å². The Balaban J connectivity index is 1.71. The Hall–Kier alpha value is -1.13. The van der Waals surface area contributed by atoms with Gasteiger partial charge in [0.25, 0.3) is 0 Å². The SMILES string of the molecule is C=CCCC(=O)NC1CCN(Cc2ccsc2)C1. The molecule has 2 heterocycles. The minimum Gasteiger partial charge on any atom is -0.352 e. The second kappa shape index (κ2) is 6.71. The van der Waals surface area contributed by atoms with Crippen LogP contribution < -0.4 is 5.32 Å². The topological polar surface area (TPSA) is 32.3 Å². The molecular formula is C14H20N2OS. The van der Waals surface area contributed by atoms with Crippen LogP contribution in [0.4, 0.5) is 0 Å². The molecule has 0 spiro atoms. The summed E-state index contributed by atoms with van der Waals surface area (Å²) in [4.78, 5) is 14.0. The first kappa shape index (κ1) is 13.3. The first-order valence-electron chi connectivity index (χ1n) is 6.41. The molecule has 2 rings (SSSR count). The highest BCUT2D eigenvalue weighted by molar-refractivity contribution is 7.07. The molecule has 1 saturated heterocycles. The Morgan fingerprint density at radius 3 is 3.28 bits per heavy atom. The highest BCUT2D eigenvalue weighted by Gasteiger charge is 2.23. The van der Waals surface area contributed by atoms with Crippen LogP contribution in [-0.4, -0.2) is 29.9 Å². The average molecular weight is 264 g/mol. The molecule has 98 valence electrons. The van der Waals surface area contributed by atoms with Gasteiger partial charge in [-0.1, -0.05) is 6.08 Å². The van der Waals surface area contributed by atoms with E-state index in [1.54, 1.807) is 17.4 Å². The van der Waals surface area contributed by atoms with Crippen LogP contribution in [0.1, 0.15) is 24.8 Å². The lowest BCUT2D eigenvalue weighted by molar-refractivity contribution is -0.121. The lowest BCUT2D eigenvalue weighted by atomic mass is 10.2. The number of hydrogen-bond donors (Lipinski definition) is 1. The maximum absolute atomic E-state index is 11.6. The van der Waals surface area contributed by atoms with Gasteiger partial charge in [-0.15, -0.1) is 6.58 Å². The molecule has 4 heteroatoms. The van der Waals surface area contributed by atoms with Crippen LogP contribution in [0.5, 0.6) is 0 Å². The molecule has 18 heavy (non-hydrogen) atoms. The Kier molecular flexibility index (Phi) is 4.96. The zero-order valence-electron chi connectivity index (χ0n) is 10.6. The Morgan fingerprint density at radius 1 is 1.67 bits per heavy atom. The van der Waals surface area contributed by atoms with Crippen molar-refractivity contribution < 1.29 is 4.79 Å². The lowest BCUT2D eigenvalue weighted by Crippen LogP contribution is -2.36. The predicted molar refractivity (Wildman–Crippen MR) is 75.6 cm³/mol. The van der Waals surface area contributed by atoms with Crippen molar-refractivity contribution in [3.8, 4) is 0 Å². The molecule has 1 fully saturated rings. The van der Waals surface area contributed by atoms with Crippen molar-refractivity contribution in [3.05, 3.63) is 35.0 Å². The summed E-state index contributed by atoms with van der Waals surface area (Å²) in [6, 6.07) is 2.49. The van der Waals surface area contributed by atoms with Gasteiger partial charge in [0.1, 0.15) is 0 Å². The first-order chi connectivity index (χ1) is 8.78. The van der Waals surface area contributed by atoms with E-state index in [1.807, 2.05) is 0 Å². The molecular weight excluding hydrogens is 244 g/mol. The maximum atomic E-state index is 11.6. The van der Waals surface area contributed by atoms with Crippen LogP contribution in [-0.2, 0) is 11.3 Å². The van der Waals surface area contributed by atoms with Crippen molar-refractivity contribution in [2.75, 3.05) is 13.1 Å². The van der Waals surface area contributed by atoms with E-state index < -0.39 is 0 Å². The number of hydrogen-bond acceptors (Lipinski definition) is 3. The van der Waals surface area contributed by atoms with Crippen molar-refractivity contribution in [3.63, 3.8) is 0 Å². The number of nitrogens with one attached hydrogen (secondary N) is 1. The summed E-state index contributed by atoms with van der Waals surface area (Å²) in [6.07, 6.45) is 4.17. The second-order valence-corrected chi connectivity index (χ2v) is 5.53. The average Bonchev–Trinajstić information content (AvgIpc) is 2.99. The summed E-state index contributed by atoms with van der Waals surface area (Å²) in [6.45, 7) is 6.67. The highest BCUT2D eigenvalue weighted by Crippen LogP contribution is 2.15. The summed E-state index contributed by atoms with van der Waals surface area (Å²) < 4.78 is 0. The molecule has 0 radical (unpaired) electrons. The molecule has 0 aromatic carbocycles. The van der Waals surface area contributed by atoms with E-state index in [-0.39, 0.29) is 5.91 Å². The van der Waals surface area contributed by atoms with E-state index in [0.717, 1.165) is 32.5 Å². The second-order valence-electron chi connectivity index (χ2n) is 4.75. The number of thiophene rings is 1. The van der Waals surface area contributed by atoms with Crippen LogP contribution >= 0.6 is 11.3 Å². The van der Waals surface area contributed by atoms with Gasteiger partial charge in [0.15, 0.2) is 0 Å². The number of nitrogens with zero attached hydrogens (tertiary/aromatic N) is 1. The standard InChI is InChI=1S/C14H20N2OS/c1-2-3-4-14(17)15-13-5-7-16(10-13)9-12-6-8-18-11-12/h2,6,8,11,13H,1,3-5,7,9-10H2,(H,15,17). The van der Waals surface area contributed by atoms with Crippen LogP contribution in [0.3, 0.4) is 0 Å². The summed E-state index contributed by atoms with van der Waals surface area (Å²) >= 11 is 1.74. The van der Waals surface area contributed by atoms with Crippen molar-refractivity contribution in [1.82, 2.24) is 10.2 Å². The third-order valence-electron chi connectivity index (χ3n) is 3.20. The molecule has 1 amide bonds. The lowest BCUT2D eigenvalue weighted by Gasteiger charge is -2.16. The quantitative estimate of drug-likeness (QED) is 0.800. The number of likely N-dealkylation sites (tertiary alicyclic amines) is 1. The Labute approximate surface area is 112 Å². The fourth-order valence-corrected chi connectivity index (χ4v) is 2.93. The third-order valence-corrected chi connectivity index (χ3v) is 3.93. The zero-order chi connectivity index (χ0) is 12.8. The van der Waals surface area contributed by atoms with E-state index in [0.29, 0.717) is 12.5 Å². The molecule has 1 aliphatic rings. The van der Waals surface area contributed by atoms with E-state index >= 15 is 0 Å². The fraction of sp³-hybridized carbons (Fsp3) is 0.500. The number of allylic oxidation sites excluding steroid dienone is 1. The van der Waals surface area contributed by atoms with Gasteiger partial charge >= 0.3 is 0 Å². The van der Waals surface area contributed by atoms with Crippen molar-refractivity contribution in [2.45, 2.75) is 31.8 Å². The van der Waals surface area contributed by atoms with E-state index in [2.05, 4.69) is 33.6 Å². The Morgan fingerprint density at radius 2 is 2.56 bits per heavy atom. The summed E-state index contributed by atoms with van der Waals surface area (Å²) in [7, 11) is 0. The number of rotatable bonds is 6. The van der Waals surface area contributed by atoms with Gasteiger partial charge in [-0.3, -0.25) is 9.69 Å². The van der Waals surface area contributed by atoms with E-state index in [4.69, 9.17) is 0 Å². The van der Waals surface area contributed by atoms with Gasteiger partial charge in [0.2, 0.25) is 5.91 Å². The molecule has 1 N–H and O–H groups in total. The third kappa shape index (κ3) is 3.96. The number of amides is 1. The predicted octanol–water partition coefficient (Wildman–Crippen LogP) is 2.40. The number of carbonyl (C=O) groups excluding carboxylic acids is 1. The molecule has 0 saturated carbocycles. The van der Waals surface area contributed by atoms with Crippen LogP contribution in [0.25, 0.3) is 0 Å². The molecule has 1 unspecified atom stereocenters. The molecule has 0 bridgehead atoms. The van der Waals surface area contributed by atoms with Crippen LogP contribution in [0, 0.1) is 0 Å². The van der Waals surface area contributed by atoms with Crippen molar-refractivity contribution >= 4 is 17.2 Å². The molecule has 3 nitrogen and oxygen atoms in total. The van der Waals surface area contributed by atoms with Gasteiger partial charge in [-0.25, -0.2) is 0 Å². The molecule has 1 atom stereocenters. The largest absolute Gasteiger partial charge is 0.352 e. The normalized spacial score (nSPS) is 19.9. The maximum Gasteiger partial charge on any atom is 0.220 e. The van der Waals surface area contributed by atoms with Crippen molar-refractivity contribution in [2.24, 2.45) is 0 Å². The molecule has 1 aliphatic heterocycles. The van der Waals surface area contributed by atoms with Gasteiger partial charge in [-0.2, -0.15) is 11.3 Å². The summed E-state index contributed by atoms with van der Waals surface area (Å²) in [5.74, 6) is 0.150. The van der Waals surface area contributed by atoms with Crippen LogP contribution in [0.15, 0.2) is 29.5 Å². The molecule has 0 aliphatic carbocycles. The smallest absolute Gasteiger partial charge is 0.220 e. The fourth-order valence-electron chi connectivity index (χ4n) is 2.27. The van der Waals surface area contributed by atoms with Gasteiger partial charge in [-0.05, 0) is 35.2 Å². The minimum absolute atomic E-state index is 0.150. The van der Waals surface area contributed by atoms with E-state index in [1.165, 1.54) is 5.56 Å². The van der Waals surface area contributed by atoms with Gasteiger partial charge < -0.3 is 5.32 Å². The van der Waals surface area contributed by atoms with E-state index in [9.17, 15) is 4.79 Å². The summed E-state index contributed by atoms with van der Waals surface area (Å²) in [5.41, 5.74) is 1.37. The number of carbonyl (C=O) groups is 1. The van der Waals surface area contributed by atoms with Gasteiger partial charge in [0, 0.05) is 32.1 Å². The Bertz CT molecular complexity index is 389.